The maximum Gasteiger partial charge on any atom is 0.416 e. The fraction of sp³-hybridized carbons (Fsp3) is 0.444. The second-order valence-corrected chi connectivity index (χ2v) is 6.96. The first-order valence-electron chi connectivity index (χ1n) is 8.95. The normalized spacial score (nSPS) is 17.9. The molecule has 0 aliphatic carbocycles. The van der Waals surface area contributed by atoms with E-state index in [4.69, 9.17) is 5.11 Å². The molecule has 0 spiro atoms. The number of nitrogens with one attached hydrogen (secondary N) is 1. The number of hydrogen-bond acceptors (Lipinski definition) is 7. The molecule has 1 aromatic carbocycles. The van der Waals surface area contributed by atoms with E-state index in [1.54, 1.807) is 0 Å². The van der Waals surface area contributed by atoms with Gasteiger partial charge in [-0.05, 0) is 44.0 Å². The van der Waals surface area contributed by atoms with Gasteiger partial charge in [0.1, 0.15) is 11.4 Å². The average Bonchev–Trinajstić information content (AvgIpc) is 2.61. The third-order valence-corrected chi connectivity index (χ3v) is 4.66. The first-order chi connectivity index (χ1) is 13.6. The lowest BCUT2D eigenvalue weighted by Crippen LogP contribution is -2.44. The molecular formula is C18H20F3N5O3. The van der Waals surface area contributed by atoms with Gasteiger partial charge in [-0.15, -0.1) is 10.2 Å². The number of aromatic hydroxyl groups is 1. The summed E-state index contributed by atoms with van der Waals surface area (Å²) in [6, 6.07) is 1.54. The van der Waals surface area contributed by atoms with Crippen LogP contribution in [0.15, 0.2) is 18.3 Å². The highest BCUT2D eigenvalue weighted by Gasteiger charge is 2.32. The molecule has 29 heavy (non-hydrogen) atoms. The van der Waals surface area contributed by atoms with Gasteiger partial charge in [0.15, 0.2) is 0 Å². The topological polar surface area (TPSA) is 111 Å². The molecule has 3 rings (SSSR count). The van der Waals surface area contributed by atoms with E-state index in [9.17, 15) is 23.1 Å². The van der Waals surface area contributed by atoms with Gasteiger partial charge in [0.25, 0.3) is 0 Å². The summed E-state index contributed by atoms with van der Waals surface area (Å²) in [6.45, 7) is 2.63. The van der Waals surface area contributed by atoms with Gasteiger partial charge >= 0.3 is 12.1 Å². The molecule has 0 unspecified atom stereocenters. The van der Waals surface area contributed by atoms with Gasteiger partial charge in [-0.2, -0.15) is 13.2 Å². The van der Waals surface area contributed by atoms with Crippen molar-refractivity contribution in [2.24, 2.45) is 0 Å². The van der Waals surface area contributed by atoms with Crippen molar-refractivity contribution in [2.75, 3.05) is 25.0 Å². The highest BCUT2D eigenvalue weighted by Crippen LogP contribution is 2.38. The number of hydrogen-bond donors (Lipinski definition) is 3. The lowest BCUT2D eigenvalue weighted by atomic mass is 10.0. The molecule has 3 N–H and O–H groups in total. The first kappa shape index (κ1) is 20.8. The van der Waals surface area contributed by atoms with E-state index < -0.39 is 23.5 Å². The van der Waals surface area contributed by atoms with Gasteiger partial charge in [0, 0.05) is 18.2 Å². The Morgan fingerprint density at radius 1 is 1.34 bits per heavy atom. The molecule has 1 saturated heterocycles. The molecule has 0 bridgehead atoms. The minimum Gasteiger partial charge on any atom is -0.507 e. The Kier molecular flexibility index (Phi) is 5.87. The standard InChI is InChI=1S/C18H20F3N5O3/c1-10-5-11(18(19,20)21)6-14(27)16(10)13-7-22-17(25-24-13)23-12-3-2-4-26(8-12)9-15(28)29/h5-7,12,27H,2-4,8-9H2,1H3,(H,28,29)(H,22,23,25)/t12-/m1/s1. The maximum atomic E-state index is 12.9. The summed E-state index contributed by atoms with van der Waals surface area (Å²) in [5, 5.41) is 30.0. The van der Waals surface area contributed by atoms with Crippen LogP contribution in [0.25, 0.3) is 11.3 Å². The van der Waals surface area contributed by atoms with Crippen molar-refractivity contribution in [1.82, 2.24) is 20.1 Å². The number of likely N-dealkylation sites (tertiary alicyclic amines) is 1. The first-order valence-corrected chi connectivity index (χ1v) is 8.95. The predicted molar refractivity (Wildman–Crippen MR) is 97.4 cm³/mol. The van der Waals surface area contributed by atoms with Crippen LogP contribution in [0.4, 0.5) is 19.1 Å². The Morgan fingerprint density at radius 3 is 2.69 bits per heavy atom. The highest BCUT2D eigenvalue weighted by molar-refractivity contribution is 5.71. The van der Waals surface area contributed by atoms with Crippen LogP contribution in [-0.4, -0.2) is 61.9 Å². The molecule has 1 fully saturated rings. The molecule has 11 heteroatoms. The van der Waals surface area contributed by atoms with Crippen molar-refractivity contribution in [1.29, 1.82) is 0 Å². The van der Waals surface area contributed by atoms with Gasteiger partial charge in [0.05, 0.1) is 18.3 Å². The number of anilines is 1. The van der Waals surface area contributed by atoms with E-state index in [1.165, 1.54) is 13.1 Å². The Balaban J connectivity index is 1.73. The van der Waals surface area contributed by atoms with Crippen LogP contribution in [-0.2, 0) is 11.0 Å². The van der Waals surface area contributed by atoms with E-state index in [-0.39, 0.29) is 35.4 Å². The summed E-state index contributed by atoms with van der Waals surface area (Å²) in [7, 11) is 0. The molecule has 2 aromatic rings. The van der Waals surface area contributed by atoms with Gasteiger partial charge in [0.2, 0.25) is 5.95 Å². The number of rotatable bonds is 5. The summed E-state index contributed by atoms with van der Waals surface area (Å²) in [6.07, 6.45) is -1.59. The van der Waals surface area contributed by atoms with E-state index >= 15 is 0 Å². The Bertz CT molecular complexity index is 866. The molecule has 1 atom stereocenters. The number of halogens is 3. The summed E-state index contributed by atoms with van der Waals surface area (Å²) in [5.74, 6) is -1.22. The molecule has 0 amide bonds. The van der Waals surface area contributed by atoms with Crippen LogP contribution in [0.2, 0.25) is 0 Å². The molecule has 0 radical (unpaired) electrons. The number of benzene rings is 1. The summed E-state index contributed by atoms with van der Waals surface area (Å²) in [5.41, 5.74) is -0.463. The fourth-order valence-electron chi connectivity index (χ4n) is 3.41. The van der Waals surface area contributed by atoms with Crippen LogP contribution < -0.4 is 5.32 Å². The fourth-order valence-corrected chi connectivity index (χ4v) is 3.41. The number of aliphatic carboxylic acids is 1. The van der Waals surface area contributed by atoms with E-state index in [0.717, 1.165) is 18.9 Å². The zero-order chi connectivity index (χ0) is 21.2. The molecule has 1 aliphatic heterocycles. The van der Waals surface area contributed by atoms with Crippen LogP contribution in [0.5, 0.6) is 5.75 Å². The Hall–Kier alpha value is -2.95. The molecule has 2 heterocycles. The molecule has 0 saturated carbocycles. The SMILES string of the molecule is Cc1cc(C(F)(F)F)cc(O)c1-c1cnc(N[C@@H]2CCCN(CC(=O)O)C2)nn1. The van der Waals surface area contributed by atoms with Crippen molar-refractivity contribution < 1.29 is 28.2 Å². The molecular weight excluding hydrogens is 391 g/mol. The van der Waals surface area contributed by atoms with Crippen LogP contribution in [0.3, 0.4) is 0 Å². The number of carboxylic acid groups (broad SMARTS) is 1. The second kappa shape index (κ2) is 8.19. The quantitative estimate of drug-likeness (QED) is 0.688. The average molecular weight is 411 g/mol. The number of phenolic OH excluding ortho intramolecular Hbond substituents is 1. The lowest BCUT2D eigenvalue weighted by molar-refractivity contribution is -0.139. The van der Waals surface area contributed by atoms with Crippen molar-refractivity contribution in [2.45, 2.75) is 32.0 Å². The number of carboxylic acids is 1. The zero-order valence-electron chi connectivity index (χ0n) is 15.6. The van der Waals surface area contributed by atoms with Crippen LogP contribution >= 0.6 is 0 Å². The number of aryl methyl sites for hydroxylation is 1. The number of phenols is 1. The predicted octanol–water partition coefficient (Wildman–Crippen LogP) is 2.53. The number of piperidine rings is 1. The van der Waals surface area contributed by atoms with Crippen LogP contribution in [0.1, 0.15) is 24.0 Å². The van der Waals surface area contributed by atoms with E-state index in [0.29, 0.717) is 19.2 Å². The maximum absolute atomic E-state index is 12.9. The number of alkyl halides is 3. The Labute approximate surface area is 164 Å². The van der Waals surface area contributed by atoms with Gasteiger partial charge in [-0.25, -0.2) is 4.98 Å². The van der Waals surface area contributed by atoms with Crippen molar-refractivity contribution in [3.8, 4) is 17.0 Å². The molecule has 156 valence electrons. The number of aromatic nitrogens is 3. The van der Waals surface area contributed by atoms with Crippen molar-refractivity contribution in [3.63, 3.8) is 0 Å². The monoisotopic (exact) mass is 411 g/mol. The van der Waals surface area contributed by atoms with Crippen molar-refractivity contribution >= 4 is 11.9 Å². The van der Waals surface area contributed by atoms with E-state index in [1.807, 2.05) is 4.90 Å². The zero-order valence-corrected chi connectivity index (χ0v) is 15.6. The largest absolute Gasteiger partial charge is 0.507 e. The van der Waals surface area contributed by atoms with Gasteiger partial charge < -0.3 is 15.5 Å². The second-order valence-electron chi connectivity index (χ2n) is 6.96. The Morgan fingerprint density at radius 2 is 2.10 bits per heavy atom. The van der Waals surface area contributed by atoms with Crippen molar-refractivity contribution in [3.05, 3.63) is 29.5 Å². The summed E-state index contributed by atoms with van der Waals surface area (Å²) >= 11 is 0. The van der Waals surface area contributed by atoms with Gasteiger partial charge in [-0.1, -0.05) is 0 Å². The van der Waals surface area contributed by atoms with Gasteiger partial charge in [-0.3, -0.25) is 9.69 Å². The molecule has 1 aromatic heterocycles. The third-order valence-electron chi connectivity index (χ3n) is 4.66. The number of nitrogens with zero attached hydrogens (tertiary/aromatic N) is 4. The minimum atomic E-state index is -4.56. The highest BCUT2D eigenvalue weighted by atomic mass is 19.4. The smallest absolute Gasteiger partial charge is 0.416 e. The molecule has 8 nitrogen and oxygen atoms in total. The summed E-state index contributed by atoms with van der Waals surface area (Å²) in [4.78, 5) is 16.8. The number of carbonyl (C=O) groups is 1. The van der Waals surface area contributed by atoms with E-state index in [2.05, 4.69) is 20.5 Å². The third kappa shape index (κ3) is 5.11. The summed E-state index contributed by atoms with van der Waals surface area (Å²) < 4.78 is 38.6. The lowest BCUT2D eigenvalue weighted by Gasteiger charge is -2.31. The van der Waals surface area contributed by atoms with Crippen LogP contribution in [0, 0.1) is 6.92 Å². The molecule has 1 aliphatic rings. The minimum absolute atomic E-state index is 0.0390.